The number of rotatable bonds is 8. The van der Waals surface area contributed by atoms with E-state index in [1.165, 1.54) is 0 Å². The minimum atomic E-state index is -0.835. The Hall–Kier alpha value is -2.62. The average Bonchev–Trinajstić information content (AvgIpc) is 2.62. The summed E-state index contributed by atoms with van der Waals surface area (Å²) < 4.78 is 0. The molecule has 0 aromatic heterocycles. The van der Waals surface area contributed by atoms with E-state index in [2.05, 4.69) is 0 Å². The Morgan fingerprint density at radius 2 is 1.73 bits per heavy atom. The van der Waals surface area contributed by atoms with E-state index in [1.807, 2.05) is 32.9 Å². The summed E-state index contributed by atoms with van der Waals surface area (Å²) in [5, 5.41) is 19.7. The van der Waals surface area contributed by atoms with Crippen molar-refractivity contribution in [2.45, 2.75) is 51.9 Å². The number of hydrogen-bond acceptors (Lipinski definition) is 3. The third-order valence-electron chi connectivity index (χ3n) is 4.92. The highest BCUT2D eigenvalue weighted by atomic mass is 16.4. The van der Waals surface area contributed by atoms with Crippen LogP contribution in [0.2, 0.25) is 0 Å². The van der Waals surface area contributed by atoms with E-state index in [-0.39, 0.29) is 28.9 Å². The highest BCUT2D eigenvalue weighted by Gasteiger charge is 2.26. The Balaban J connectivity index is 2.50. The molecule has 0 aliphatic rings. The van der Waals surface area contributed by atoms with Crippen molar-refractivity contribution in [1.29, 1.82) is 0 Å². The second-order valence-corrected chi connectivity index (χ2v) is 7.22. The first kappa shape index (κ1) is 19.7. The van der Waals surface area contributed by atoms with Crippen molar-refractivity contribution in [3.63, 3.8) is 0 Å². The summed E-state index contributed by atoms with van der Waals surface area (Å²) in [4.78, 5) is 23.7. The Labute approximate surface area is 154 Å². The first-order valence-corrected chi connectivity index (χ1v) is 8.94. The first-order valence-electron chi connectivity index (χ1n) is 8.94. The van der Waals surface area contributed by atoms with E-state index in [0.717, 1.165) is 17.5 Å². The van der Waals surface area contributed by atoms with Crippen LogP contribution in [0.3, 0.4) is 0 Å². The molecule has 4 nitrogen and oxygen atoms in total. The van der Waals surface area contributed by atoms with Crippen molar-refractivity contribution in [3.05, 3.63) is 64.7 Å². The maximum atomic E-state index is 12.9. The minimum Gasteiger partial charge on any atom is -0.507 e. The number of carboxylic acids is 1. The number of phenols is 1. The summed E-state index contributed by atoms with van der Waals surface area (Å²) in [6.07, 6.45) is 1.92. The Kier molecular flexibility index (Phi) is 6.19. The normalized spacial score (nSPS) is 11.3. The average molecular weight is 354 g/mol. The van der Waals surface area contributed by atoms with Crippen LogP contribution in [-0.2, 0) is 16.6 Å². The molecule has 4 heteroatoms. The lowest BCUT2D eigenvalue weighted by Crippen LogP contribution is -2.18. The van der Waals surface area contributed by atoms with Crippen molar-refractivity contribution in [1.82, 2.24) is 0 Å². The predicted octanol–water partition coefficient (Wildman–Crippen LogP) is 4.72. The third-order valence-corrected chi connectivity index (χ3v) is 4.92. The lowest BCUT2D eigenvalue weighted by atomic mass is 9.79. The maximum Gasteiger partial charge on any atom is 0.303 e. The van der Waals surface area contributed by atoms with Gasteiger partial charge in [0.15, 0.2) is 5.78 Å². The molecule has 0 atom stereocenters. The number of phenolic OH excluding ortho intramolecular Hbond substituents is 1. The number of aryl methyl sites for hydroxylation is 1. The number of carbonyl (C=O) groups excluding carboxylic acids is 1. The van der Waals surface area contributed by atoms with Crippen LogP contribution < -0.4 is 0 Å². The molecular weight excluding hydrogens is 328 g/mol. The number of hydrogen-bond donors (Lipinski definition) is 2. The standard InChI is InChI=1S/C22H26O4/c1-4-22(2,3)18-14-15(9-8-12-19(23)24)13-17(21(18)26)20(25)16-10-6-5-7-11-16/h5-7,10-11,13-14,26H,4,8-9,12H2,1-3H3,(H,23,24). The maximum absolute atomic E-state index is 12.9. The SMILES string of the molecule is CCC(C)(C)c1cc(CCCC(=O)O)cc(C(=O)c2ccccc2)c1O. The van der Waals surface area contributed by atoms with Crippen LogP contribution in [0.4, 0.5) is 0 Å². The Morgan fingerprint density at radius 1 is 1.08 bits per heavy atom. The van der Waals surface area contributed by atoms with Gasteiger partial charge in [-0.05, 0) is 36.3 Å². The smallest absolute Gasteiger partial charge is 0.303 e. The number of ketones is 1. The van der Waals surface area contributed by atoms with Gasteiger partial charge in [-0.3, -0.25) is 9.59 Å². The molecule has 0 fully saturated rings. The van der Waals surface area contributed by atoms with Crippen LogP contribution >= 0.6 is 0 Å². The highest BCUT2D eigenvalue weighted by Crippen LogP contribution is 2.38. The fourth-order valence-corrected chi connectivity index (χ4v) is 2.91. The molecule has 2 rings (SSSR count). The summed E-state index contributed by atoms with van der Waals surface area (Å²) in [5.41, 5.74) is 2.11. The van der Waals surface area contributed by atoms with Gasteiger partial charge in [0.25, 0.3) is 0 Å². The van der Waals surface area contributed by atoms with Gasteiger partial charge in [-0.1, -0.05) is 57.2 Å². The zero-order chi connectivity index (χ0) is 19.3. The lowest BCUT2D eigenvalue weighted by molar-refractivity contribution is -0.137. The monoisotopic (exact) mass is 354 g/mol. The van der Waals surface area contributed by atoms with E-state index in [0.29, 0.717) is 18.4 Å². The van der Waals surface area contributed by atoms with Crippen molar-refractivity contribution < 1.29 is 19.8 Å². The van der Waals surface area contributed by atoms with Crippen LogP contribution in [0.5, 0.6) is 5.75 Å². The molecular formula is C22H26O4. The minimum absolute atomic E-state index is 0.0210. The van der Waals surface area contributed by atoms with E-state index in [9.17, 15) is 14.7 Å². The summed E-state index contributed by atoms with van der Waals surface area (Å²) in [6.45, 7) is 6.09. The number of carbonyl (C=O) groups is 2. The molecule has 0 saturated heterocycles. The van der Waals surface area contributed by atoms with Gasteiger partial charge in [0.05, 0.1) is 5.56 Å². The van der Waals surface area contributed by atoms with Gasteiger partial charge in [-0.25, -0.2) is 0 Å². The molecule has 0 unspecified atom stereocenters. The molecule has 0 radical (unpaired) electrons. The lowest BCUT2D eigenvalue weighted by Gasteiger charge is -2.26. The molecule has 0 aliphatic heterocycles. The second kappa shape index (κ2) is 8.17. The summed E-state index contributed by atoms with van der Waals surface area (Å²) >= 11 is 0. The molecule has 26 heavy (non-hydrogen) atoms. The topological polar surface area (TPSA) is 74.6 Å². The van der Waals surface area contributed by atoms with Gasteiger partial charge in [-0.2, -0.15) is 0 Å². The molecule has 2 N–H and O–H groups in total. The van der Waals surface area contributed by atoms with Crippen molar-refractivity contribution in [3.8, 4) is 5.75 Å². The number of aromatic hydroxyl groups is 1. The van der Waals surface area contributed by atoms with Gasteiger partial charge in [0.1, 0.15) is 5.75 Å². The molecule has 138 valence electrons. The molecule has 0 spiro atoms. The summed E-state index contributed by atoms with van der Waals surface area (Å²) in [7, 11) is 0. The van der Waals surface area contributed by atoms with E-state index >= 15 is 0 Å². The molecule has 0 bridgehead atoms. The van der Waals surface area contributed by atoms with Crippen LogP contribution in [-0.4, -0.2) is 22.0 Å². The largest absolute Gasteiger partial charge is 0.507 e. The van der Waals surface area contributed by atoms with Crippen molar-refractivity contribution in [2.24, 2.45) is 0 Å². The van der Waals surface area contributed by atoms with Crippen molar-refractivity contribution >= 4 is 11.8 Å². The summed E-state index contributed by atoms with van der Waals surface area (Å²) in [6, 6.07) is 12.5. The third kappa shape index (κ3) is 4.51. The molecule has 0 saturated carbocycles. The number of aliphatic carboxylic acids is 1. The van der Waals surface area contributed by atoms with Gasteiger partial charge in [-0.15, -0.1) is 0 Å². The van der Waals surface area contributed by atoms with E-state index in [4.69, 9.17) is 5.11 Å². The van der Waals surface area contributed by atoms with Crippen molar-refractivity contribution in [2.75, 3.05) is 0 Å². The number of carboxylic acid groups (broad SMARTS) is 1. The second-order valence-electron chi connectivity index (χ2n) is 7.22. The zero-order valence-corrected chi connectivity index (χ0v) is 15.6. The van der Waals surface area contributed by atoms with Crippen LogP contribution in [0, 0.1) is 0 Å². The fourth-order valence-electron chi connectivity index (χ4n) is 2.91. The van der Waals surface area contributed by atoms with Gasteiger partial charge in [0, 0.05) is 17.5 Å². The zero-order valence-electron chi connectivity index (χ0n) is 15.6. The van der Waals surface area contributed by atoms with Gasteiger partial charge in [0.2, 0.25) is 0 Å². The van der Waals surface area contributed by atoms with Crippen LogP contribution in [0.1, 0.15) is 67.1 Å². The molecule has 0 amide bonds. The highest BCUT2D eigenvalue weighted by molar-refractivity contribution is 6.11. The fraction of sp³-hybridized carbons (Fsp3) is 0.364. The Morgan fingerprint density at radius 3 is 2.31 bits per heavy atom. The van der Waals surface area contributed by atoms with Gasteiger partial charge >= 0.3 is 5.97 Å². The summed E-state index contributed by atoms with van der Waals surface area (Å²) in [5.74, 6) is -1.04. The molecule has 0 aliphatic carbocycles. The molecule has 2 aromatic carbocycles. The first-order chi connectivity index (χ1) is 12.3. The van der Waals surface area contributed by atoms with E-state index in [1.54, 1.807) is 30.3 Å². The Bertz CT molecular complexity index is 791. The van der Waals surface area contributed by atoms with Gasteiger partial charge < -0.3 is 10.2 Å². The van der Waals surface area contributed by atoms with Crippen LogP contribution in [0.25, 0.3) is 0 Å². The van der Waals surface area contributed by atoms with Crippen LogP contribution in [0.15, 0.2) is 42.5 Å². The quantitative estimate of drug-likeness (QED) is 0.673. The van der Waals surface area contributed by atoms with E-state index < -0.39 is 5.97 Å². The molecule has 0 heterocycles. The molecule has 2 aromatic rings. The number of benzene rings is 2. The predicted molar refractivity (Wildman–Crippen MR) is 102 cm³/mol.